The zero-order valence-corrected chi connectivity index (χ0v) is 31.2. The highest BCUT2D eigenvalue weighted by Gasteiger charge is 2.14. The van der Waals surface area contributed by atoms with Gasteiger partial charge in [-0.1, -0.05) is 174 Å². The normalized spacial score (nSPS) is 12.2. The number of carboxylic acids is 1. The van der Waals surface area contributed by atoms with Crippen molar-refractivity contribution >= 4 is 11.9 Å². The van der Waals surface area contributed by atoms with Gasteiger partial charge in [-0.25, -0.2) is 0 Å². The fraction of sp³-hybridized carbons (Fsp3) is 0.905. The molecule has 0 radical (unpaired) electrons. The Balaban J connectivity index is 4.04. The maximum absolute atomic E-state index is 12.7. The number of carbonyl (C=O) groups excluding carboxylic acids is 1. The zero-order valence-electron chi connectivity index (χ0n) is 31.2. The lowest BCUT2D eigenvalue weighted by molar-refractivity contribution is -0.150. The Morgan fingerprint density at radius 1 is 0.457 bits per heavy atom. The van der Waals surface area contributed by atoms with Gasteiger partial charge in [-0.15, -0.1) is 0 Å². The van der Waals surface area contributed by atoms with Crippen molar-refractivity contribution in [1.29, 1.82) is 0 Å². The molecule has 1 N–H and O–H groups in total. The van der Waals surface area contributed by atoms with Crippen LogP contribution in [-0.4, -0.2) is 23.1 Å². The highest BCUT2D eigenvalue weighted by molar-refractivity contribution is 5.69. The molecule has 0 heterocycles. The Hall–Kier alpha value is -1.32. The molecule has 46 heavy (non-hydrogen) atoms. The van der Waals surface area contributed by atoms with Gasteiger partial charge in [-0.2, -0.15) is 0 Å². The molecule has 0 bridgehead atoms. The molecule has 272 valence electrons. The van der Waals surface area contributed by atoms with Gasteiger partial charge in [0.2, 0.25) is 0 Å². The molecule has 0 aromatic rings. The van der Waals surface area contributed by atoms with Gasteiger partial charge >= 0.3 is 11.9 Å². The predicted octanol–water partition coefficient (Wildman–Crippen LogP) is 14.2. The Bertz CT molecular complexity index is 658. The lowest BCUT2D eigenvalue weighted by Crippen LogP contribution is -2.18. The van der Waals surface area contributed by atoms with E-state index in [4.69, 9.17) is 9.84 Å². The summed E-state index contributed by atoms with van der Waals surface area (Å²) in [6.45, 7) is 4.55. The summed E-state index contributed by atoms with van der Waals surface area (Å²) in [5, 5.41) is 8.73. The molecule has 1 atom stereocenters. The SMILES string of the molecule is CCCCCCCC/C=C\CCCCCCCC(=O)OC(CCCCCCCCCCC)CCCCCCCCCCCC(=O)O. The van der Waals surface area contributed by atoms with Gasteiger partial charge in [0.25, 0.3) is 0 Å². The van der Waals surface area contributed by atoms with Crippen LogP contribution < -0.4 is 0 Å². The number of esters is 1. The minimum Gasteiger partial charge on any atom is -0.481 e. The molecule has 0 fully saturated rings. The van der Waals surface area contributed by atoms with E-state index in [1.54, 1.807) is 0 Å². The van der Waals surface area contributed by atoms with Gasteiger partial charge in [-0.05, 0) is 64.2 Å². The van der Waals surface area contributed by atoms with Gasteiger partial charge < -0.3 is 9.84 Å². The molecule has 0 aliphatic carbocycles. The Labute approximate surface area is 287 Å². The van der Waals surface area contributed by atoms with E-state index in [0.29, 0.717) is 12.8 Å². The molecule has 0 aliphatic rings. The van der Waals surface area contributed by atoms with Gasteiger partial charge in [0.05, 0.1) is 0 Å². The topological polar surface area (TPSA) is 63.6 Å². The Morgan fingerprint density at radius 3 is 1.17 bits per heavy atom. The summed E-state index contributed by atoms with van der Waals surface area (Å²) in [6, 6.07) is 0. The molecule has 0 rings (SSSR count). The second kappa shape index (κ2) is 38.1. The van der Waals surface area contributed by atoms with Crippen LogP contribution in [0.5, 0.6) is 0 Å². The number of hydrogen-bond acceptors (Lipinski definition) is 3. The number of unbranched alkanes of at least 4 members (excludes halogenated alkanes) is 27. The van der Waals surface area contributed by atoms with E-state index in [0.717, 1.165) is 51.4 Å². The fourth-order valence-corrected chi connectivity index (χ4v) is 6.42. The number of ether oxygens (including phenoxy) is 1. The summed E-state index contributed by atoms with van der Waals surface area (Å²) >= 11 is 0. The maximum Gasteiger partial charge on any atom is 0.306 e. The van der Waals surface area contributed by atoms with Gasteiger partial charge in [0, 0.05) is 12.8 Å². The van der Waals surface area contributed by atoms with Crippen LogP contribution >= 0.6 is 0 Å². The number of allylic oxidation sites excluding steroid dienone is 2. The monoisotopic (exact) mass is 649 g/mol. The van der Waals surface area contributed by atoms with Crippen LogP contribution in [0.15, 0.2) is 12.2 Å². The molecular formula is C42H80O4. The molecule has 0 spiro atoms. The van der Waals surface area contributed by atoms with E-state index in [1.165, 1.54) is 161 Å². The highest BCUT2D eigenvalue weighted by Crippen LogP contribution is 2.19. The first kappa shape index (κ1) is 44.7. The van der Waals surface area contributed by atoms with Crippen LogP contribution in [0, 0.1) is 0 Å². The first-order valence-electron chi connectivity index (χ1n) is 20.7. The van der Waals surface area contributed by atoms with E-state index in [2.05, 4.69) is 26.0 Å². The van der Waals surface area contributed by atoms with Crippen LogP contribution in [0.4, 0.5) is 0 Å². The number of aliphatic carboxylic acids is 1. The van der Waals surface area contributed by atoms with Gasteiger partial charge in [0.15, 0.2) is 0 Å². The van der Waals surface area contributed by atoms with Crippen molar-refractivity contribution in [2.24, 2.45) is 0 Å². The average molecular weight is 649 g/mol. The molecule has 0 aliphatic heterocycles. The second-order valence-corrected chi connectivity index (χ2v) is 14.2. The van der Waals surface area contributed by atoms with Gasteiger partial charge in [0.1, 0.15) is 6.10 Å². The van der Waals surface area contributed by atoms with Crippen LogP contribution in [0.3, 0.4) is 0 Å². The minimum atomic E-state index is -0.676. The second-order valence-electron chi connectivity index (χ2n) is 14.2. The molecule has 1 unspecified atom stereocenters. The van der Waals surface area contributed by atoms with Crippen molar-refractivity contribution in [1.82, 2.24) is 0 Å². The highest BCUT2D eigenvalue weighted by atomic mass is 16.5. The minimum absolute atomic E-state index is 0.0291. The van der Waals surface area contributed by atoms with E-state index in [-0.39, 0.29) is 12.1 Å². The molecule has 4 nitrogen and oxygen atoms in total. The van der Waals surface area contributed by atoms with Crippen LogP contribution in [0.2, 0.25) is 0 Å². The third-order valence-electron chi connectivity index (χ3n) is 9.49. The largest absolute Gasteiger partial charge is 0.481 e. The third kappa shape index (κ3) is 37.1. The average Bonchev–Trinajstić information content (AvgIpc) is 3.04. The van der Waals surface area contributed by atoms with Crippen molar-refractivity contribution in [2.45, 2.75) is 245 Å². The summed E-state index contributed by atoms with van der Waals surface area (Å²) in [4.78, 5) is 23.3. The lowest BCUT2D eigenvalue weighted by atomic mass is 10.0. The lowest BCUT2D eigenvalue weighted by Gasteiger charge is -2.18. The van der Waals surface area contributed by atoms with Crippen molar-refractivity contribution in [3.8, 4) is 0 Å². The van der Waals surface area contributed by atoms with Crippen molar-refractivity contribution in [3.63, 3.8) is 0 Å². The summed E-state index contributed by atoms with van der Waals surface area (Å²) in [5.41, 5.74) is 0. The Morgan fingerprint density at radius 2 is 0.783 bits per heavy atom. The smallest absolute Gasteiger partial charge is 0.306 e. The maximum atomic E-state index is 12.7. The van der Waals surface area contributed by atoms with E-state index < -0.39 is 5.97 Å². The Kier molecular flexibility index (Phi) is 37.0. The van der Waals surface area contributed by atoms with E-state index in [1.807, 2.05) is 0 Å². The van der Waals surface area contributed by atoms with Crippen molar-refractivity contribution < 1.29 is 19.4 Å². The van der Waals surface area contributed by atoms with Crippen molar-refractivity contribution in [2.75, 3.05) is 0 Å². The first-order valence-corrected chi connectivity index (χ1v) is 20.7. The molecule has 0 aromatic carbocycles. The first-order chi connectivity index (χ1) is 22.6. The molecule has 0 saturated heterocycles. The summed E-state index contributed by atoms with van der Waals surface area (Å²) < 4.78 is 6.05. The molecule has 0 aromatic heterocycles. The standard InChI is InChI=1S/C42H80O4/c1-3-5-7-9-11-13-14-15-16-17-18-23-27-31-35-39-42(45)46-40(36-32-28-24-20-12-10-8-6-4-2)37-33-29-25-21-19-22-26-30-34-38-41(43)44/h15-16,40H,3-14,17-39H2,1-2H3,(H,43,44)/b16-15-. The van der Waals surface area contributed by atoms with E-state index in [9.17, 15) is 9.59 Å². The number of carboxylic acid groups (broad SMARTS) is 1. The predicted molar refractivity (Wildman–Crippen MR) is 200 cm³/mol. The third-order valence-corrected chi connectivity index (χ3v) is 9.49. The molecule has 4 heteroatoms. The molecule has 0 amide bonds. The number of carbonyl (C=O) groups is 2. The van der Waals surface area contributed by atoms with Crippen LogP contribution in [0.25, 0.3) is 0 Å². The quantitative estimate of drug-likeness (QED) is 0.0411. The number of hydrogen-bond donors (Lipinski definition) is 1. The molecular weight excluding hydrogens is 568 g/mol. The zero-order chi connectivity index (χ0) is 33.6. The summed E-state index contributed by atoms with van der Waals surface area (Å²) in [6.07, 6.45) is 46.7. The molecule has 0 saturated carbocycles. The summed E-state index contributed by atoms with van der Waals surface area (Å²) in [5.74, 6) is -0.647. The van der Waals surface area contributed by atoms with Crippen molar-refractivity contribution in [3.05, 3.63) is 12.2 Å². The van der Waals surface area contributed by atoms with Gasteiger partial charge in [-0.3, -0.25) is 9.59 Å². The number of rotatable bonds is 38. The summed E-state index contributed by atoms with van der Waals surface area (Å²) in [7, 11) is 0. The fourth-order valence-electron chi connectivity index (χ4n) is 6.42. The van der Waals surface area contributed by atoms with Crippen LogP contribution in [0.1, 0.15) is 239 Å². The van der Waals surface area contributed by atoms with Crippen LogP contribution in [-0.2, 0) is 14.3 Å². The van der Waals surface area contributed by atoms with E-state index >= 15 is 0 Å².